The lowest BCUT2D eigenvalue weighted by Gasteiger charge is -2.05. The molecule has 4 nitrogen and oxygen atoms in total. The summed E-state index contributed by atoms with van der Waals surface area (Å²) in [6.45, 7) is 0. The van der Waals surface area contributed by atoms with E-state index in [2.05, 4.69) is 22.4 Å². The Kier molecular flexibility index (Phi) is 3.88. The van der Waals surface area contributed by atoms with Crippen LogP contribution in [-0.4, -0.2) is 10.9 Å². The summed E-state index contributed by atoms with van der Waals surface area (Å²) in [6, 6.07) is 17.0. The largest absolute Gasteiger partial charge is 0.361 e. The first kappa shape index (κ1) is 13.9. The molecule has 0 spiro atoms. The molecule has 3 rings (SSSR count). The number of benzene rings is 2. The molecule has 2 aromatic carbocycles. The topological polar surface area (TPSA) is 68.7 Å². The number of aryl methyl sites for hydroxylation is 1. The van der Waals surface area contributed by atoms with Gasteiger partial charge in [0.1, 0.15) is 0 Å². The van der Waals surface area contributed by atoms with Crippen LogP contribution in [0.5, 0.6) is 0 Å². The van der Waals surface area contributed by atoms with Crippen LogP contribution >= 0.6 is 0 Å². The molecule has 0 aliphatic heterocycles. The number of anilines is 1. The molecule has 0 saturated heterocycles. The van der Waals surface area contributed by atoms with Gasteiger partial charge in [0.2, 0.25) is 5.91 Å². The Hall–Kier alpha value is -3.06. The molecule has 108 valence electrons. The zero-order valence-electron chi connectivity index (χ0n) is 12.0. The minimum atomic E-state index is -0.0552. The number of hydrogen-bond donors (Lipinski definition) is 2. The molecule has 0 bridgehead atoms. The van der Waals surface area contributed by atoms with Crippen LogP contribution in [0, 0.1) is 11.3 Å². The third-order valence-electron chi connectivity index (χ3n) is 3.57. The van der Waals surface area contributed by atoms with E-state index in [0.717, 1.165) is 16.5 Å². The number of H-pyrrole nitrogens is 1. The van der Waals surface area contributed by atoms with Crippen LogP contribution in [0.25, 0.3) is 10.9 Å². The van der Waals surface area contributed by atoms with Crippen LogP contribution in [0.3, 0.4) is 0 Å². The number of nitriles is 1. The van der Waals surface area contributed by atoms with Crippen molar-refractivity contribution in [3.63, 3.8) is 0 Å². The molecule has 3 aromatic rings. The molecule has 4 heteroatoms. The number of para-hydroxylation sites is 1. The van der Waals surface area contributed by atoms with E-state index in [1.54, 1.807) is 24.3 Å². The second-order valence-corrected chi connectivity index (χ2v) is 5.10. The van der Waals surface area contributed by atoms with Gasteiger partial charge in [-0.05, 0) is 36.2 Å². The summed E-state index contributed by atoms with van der Waals surface area (Å²) in [7, 11) is 0. The van der Waals surface area contributed by atoms with Gasteiger partial charge in [0.15, 0.2) is 0 Å². The Morgan fingerprint density at radius 1 is 1.18 bits per heavy atom. The summed E-state index contributed by atoms with van der Waals surface area (Å²) in [5.41, 5.74) is 3.41. The third kappa shape index (κ3) is 2.99. The van der Waals surface area contributed by atoms with Crippen molar-refractivity contribution in [2.75, 3.05) is 5.32 Å². The first-order chi connectivity index (χ1) is 10.8. The highest BCUT2D eigenvalue weighted by molar-refractivity contribution is 5.91. The summed E-state index contributed by atoms with van der Waals surface area (Å²) in [6.07, 6.45) is 3.03. The van der Waals surface area contributed by atoms with Crippen LogP contribution < -0.4 is 5.32 Å². The summed E-state index contributed by atoms with van der Waals surface area (Å²) in [5.74, 6) is -0.0552. The molecule has 0 unspecified atom stereocenters. The fourth-order valence-electron chi connectivity index (χ4n) is 2.48. The first-order valence-electron chi connectivity index (χ1n) is 7.11. The fraction of sp³-hybridized carbons (Fsp3) is 0.111. The number of carbonyl (C=O) groups is 1. The summed E-state index contributed by atoms with van der Waals surface area (Å²) in [5, 5.41) is 12.8. The molecule has 0 atom stereocenters. The van der Waals surface area contributed by atoms with E-state index >= 15 is 0 Å². The highest BCUT2D eigenvalue weighted by Gasteiger charge is 2.07. The number of aromatic nitrogens is 1. The van der Waals surface area contributed by atoms with Crippen LogP contribution in [-0.2, 0) is 11.2 Å². The van der Waals surface area contributed by atoms with Gasteiger partial charge >= 0.3 is 0 Å². The standard InChI is InChI=1S/C18H15N3O/c19-11-13-4-3-5-15(10-13)21-18(22)9-8-14-12-20-17-7-2-1-6-16(14)17/h1-7,10,12,20H,8-9H2,(H,21,22). The predicted octanol–water partition coefficient (Wildman–Crippen LogP) is 3.61. The maximum absolute atomic E-state index is 12.0. The Morgan fingerprint density at radius 2 is 2.05 bits per heavy atom. The van der Waals surface area contributed by atoms with Gasteiger partial charge in [-0.2, -0.15) is 5.26 Å². The van der Waals surface area contributed by atoms with Crippen LogP contribution in [0.1, 0.15) is 17.5 Å². The molecule has 2 N–H and O–H groups in total. The molecule has 0 fully saturated rings. The molecule has 0 radical (unpaired) electrons. The fourth-order valence-corrected chi connectivity index (χ4v) is 2.48. The quantitative estimate of drug-likeness (QED) is 0.770. The maximum atomic E-state index is 12.0. The van der Waals surface area contributed by atoms with Gasteiger partial charge in [-0.3, -0.25) is 4.79 Å². The van der Waals surface area contributed by atoms with Crippen LogP contribution in [0.2, 0.25) is 0 Å². The number of rotatable bonds is 4. The number of amides is 1. The van der Waals surface area contributed by atoms with Crippen molar-refractivity contribution in [2.24, 2.45) is 0 Å². The molecule has 1 heterocycles. The Bertz CT molecular complexity index is 858. The van der Waals surface area contributed by atoms with Gasteiger partial charge in [-0.15, -0.1) is 0 Å². The summed E-state index contributed by atoms with van der Waals surface area (Å²) >= 11 is 0. The smallest absolute Gasteiger partial charge is 0.224 e. The molecular weight excluding hydrogens is 274 g/mol. The molecular formula is C18H15N3O. The number of nitrogens with zero attached hydrogens (tertiary/aromatic N) is 1. The van der Waals surface area contributed by atoms with Crippen molar-refractivity contribution >= 4 is 22.5 Å². The zero-order chi connectivity index (χ0) is 15.4. The molecule has 22 heavy (non-hydrogen) atoms. The minimum Gasteiger partial charge on any atom is -0.361 e. The van der Waals surface area contributed by atoms with Crippen molar-refractivity contribution < 1.29 is 4.79 Å². The molecule has 0 aliphatic rings. The monoisotopic (exact) mass is 289 g/mol. The van der Waals surface area contributed by atoms with Crippen molar-refractivity contribution in [1.82, 2.24) is 4.98 Å². The number of fused-ring (bicyclic) bond motifs is 1. The van der Waals surface area contributed by atoms with E-state index in [4.69, 9.17) is 5.26 Å². The maximum Gasteiger partial charge on any atom is 0.224 e. The van der Waals surface area contributed by atoms with Crippen molar-refractivity contribution in [2.45, 2.75) is 12.8 Å². The number of nitrogens with one attached hydrogen (secondary N) is 2. The van der Waals surface area contributed by atoms with Crippen molar-refractivity contribution in [3.05, 3.63) is 65.9 Å². The average Bonchev–Trinajstić information content (AvgIpc) is 2.96. The van der Waals surface area contributed by atoms with E-state index in [1.807, 2.05) is 24.4 Å². The van der Waals surface area contributed by atoms with Gasteiger partial charge in [-0.1, -0.05) is 24.3 Å². The molecule has 1 amide bonds. The second kappa shape index (κ2) is 6.15. The van der Waals surface area contributed by atoms with E-state index in [9.17, 15) is 4.79 Å². The summed E-state index contributed by atoms with van der Waals surface area (Å²) in [4.78, 5) is 15.2. The SMILES string of the molecule is N#Cc1cccc(NC(=O)CCc2c[nH]c3ccccc23)c1. The van der Waals surface area contributed by atoms with E-state index < -0.39 is 0 Å². The Morgan fingerprint density at radius 3 is 2.91 bits per heavy atom. The Balaban J connectivity index is 1.64. The van der Waals surface area contributed by atoms with Gasteiger partial charge in [0, 0.05) is 29.2 Å². The average molecular weight is 289 g/mol. The highest BCUT2D eigenvalue weighted by Crippen LogP contribution is 2.19. The van der Waals surface area contributed by atoms with Gasteiger partial charge in [-0.25, -0.2) is 0 Å². The number of aromatic amines is 1. The minimum absolute atomic E-state index is 0.0552. The second-order valence-electron chi connectivity index (χ2n) is 5.10. The first-order valence-corrected chi connectivity index (χ1v) is 7.11. The Labute approximate surface area is 128 Å². The van der Waals surface area contributed by atoms with E-state index in [1.165, 1.54) is 0 Å². The number of carbonyl (C=O) groups excluding carboxylic acids is 1. The van der Waals surface area contributed by atoms with Crippen molar-refractivity contribution in [3.8, 4) is 6.07 Å². The highest BCUT2D eigenvalue weighted by atomic mass is 16.1. The zero-order valence-corrected chi connectivity index (χ0v) is 12.0. The van der Waals surface area contributed by atoms with Gasteiger partial charge < -0.3 is 10.3 Å². The van der Waals surface area contributed by atoms with Crippen LogP contribution in [0.15, 0.2) is 54.7 Å². The lowest BCUT2D eigenvalue weighted by molar-refractivity contribution is -0.116. The van der Waals surface area contributed by atoms with Crippen LogP contribution in [0.4, 0.5) is 5.69 Å². The normalized spacial score (nSPS) is 10.3. The number of hydrogen-bond acceptors (Lipinski definition) is 2. The molecule has 0 aliphatic carbocycles. The third-order valence-corrected chi connectivity index (χ3v) is 3.57. The van der Waals surface area contributed by atoms with Gasteiger partial charge in [0.25, 0.3) is 0 Å². The predicted molar refractivity (Wildman–Crippen MR) is 86.4 cm³/mol. The summed E-state index contributed by atoms with van der Waals surface area (Å²) < 4.78 is 0. The van der Waals surface area contributed by atoms with E-state index in [0.29, 0.717) is 24.1 Å². The van der Waals surface area contributed by atoms with Gasteiger partial charge in [0.05, 0.1) is 11.6 Å². The lowest BCUT2D eigenvalue weighted by atomic mass is 10.1. The van der Waals surface area contributed by atoms with E-state index in [-0.39, 0.29) is 5.91 Å². The molecule has 0 saturated carbocycles. The lowest BCUT2D eigenvalue weighted by Crippen LogP contribution is -2.12. The molecule has 1 aromatic heterocycles. The van der Waals surface area contributed by atoms with Crippen molar-refractivity contribution in [1.29, 1.82) is 5.26 Å².